The third kappa shape index (κ3) is 3.80. The Labute approximate surface area is 134 Å². The summed E-state index contributed by atoms with van der Waals surface area (Å²) in [5, 5.41) is 15.5. The molecule has 0 aliphatic rings. The zero-order valence-electron chi connectivity index (χ0n) is 13.7. The van der Waals surface area contributed by atoms with Gasteiger partial charge in [-0.25, -0.2) is 0 Å². The number of hydrogen-bond donors (Lipinski definition) is 2. The molecular formula is C16H21N3O4. The Morgan fingerprint density at radius 1 is 1.35 bits per heavy atom. The Kier molecular flexibility index (Phi) is 4.88. The molecule has 7 heteroatoms. The third-order valence-electron chi connectivity index (χ3n) is 3.65. The number of carboxylic acid groups (broad SMARTS) is 1. The first-order valence-corrected chi connectivity index (χ1v) is 7.42. The number of aromatic nitrogens is 2. The van der Waals surface area contributed by atoms with Crippen LogP contribution in [0.2, 0.25) is 0 Å². The zero-order valence-corrected chi connectivity index (χ0v) is 13.7. The molecule has 2 rings (SSSR count). The summed E-state index contributed by atoms with van der Waals surface area (Å²) in [4.78, 5) is 23.0. The van der Waals surface area contributed by atoms with Gasteiger partial charge in [0.1, 0.15) is 5.76 Å². The highest BCUT2D eigenvalue weighted by atomic mass is 16.5. The van der Waals surface area contributed by atoms with Gasteiger partial charge in [-0.3, -0.25) is 14.2 Å². The number of carbonyl (C=O) groups is 2. The molecule has 0 spiro atoms. The largest absolute Gasteiger partial charge is 0.481 e. The van der Waals surface area contributed by atoms with Crippen molar-refractivity contribution >= 4 is 11.9 Å². The normalized spacial score (nSPS) is 12.2. The lowest BCUT2D eigenvalue weighted by Crippen LogP contribution is -2.29. The van der Waals surface area contributed by atoms with Gasteiger partial charge in [0.2, 0.25) is 0 Å². The fourth-order valence-corrected chi connectivity index (χ4v) is 2.54. The average Bonchev–Trinajstić information content (AvgIpc) is 2.99. The number of hydrogen-bond acceptors (Lipinski definition) is 4. The highest BCUT2D eigenvalue weighted by Gasteiger charge is 2.19. The summed E-state index contributed by atoms with van der Waals surface area (Å²) in [6, 6.07) is 3.59. The van der Waals surface area contributed by atoms with Crippen LogP contribution in [0.5, 0.6) is 0 Å². The van der Waals surface area contributed by atoms with E-state index in [1.807, 2.05) is 25.3 Å². The minimum absolute atomic E-state index is 0.0253. The van der Waals surface area contributed by atoms with Crippen LogP contribution >= 0.6 is 0 Å². The molecule has 1 amide bonds. The van der Waals surface area contributed by atoms with Crippen LogP contribution in [-0.2, 0) is 4.79 Å². The van der Waals surface area contributed by atoms with E-state index in [0.29, 0.717) is 23.7 Å². The van der Waals surface area contributed by atoms with Crippen LogP contribution in [0.25, 0.3) is 5.82 Å². The van der Waals surface area contributed by atoms with Crippen LogP contribution in [0.1, 0.15) is 40.9 Å². The number of nitrogens with zero attached hydrogens (tertiary/aromatic N) is 2. The van der Waals surface area contributed by atoms with Gasteiger partial charge in [-0.2, -0.15) is 0 Å². The van der Waals surface area contributed by atoms with E-state index in [1.165, 1.54) is 0 Å². The van der Waals surface area contributed by atoms with Crippen molar-refractivity contribution < 1.29 is 19.2 Å². The van der Waals surface area contributed by atoms with E-state index in [0.717, 1.165) is 11.4 Å². The minimum atomic E-state index is -0.869. The molecule has 2 heterocycles. The number of amides is 1. The van der Waals surface area contributed by atoms with Gasteiger partial charge in [-0.15, -0.1) is 0 Å². The molecule has 0 saturated carbocycles. The first-order chi connectivity index (χ1) is 10.8. The van der Waals surface area contributed by atoms with Crippen molar-refractivity contribution in [3.8, 4) is 5.82 Å². The van der Waals surface area contributed by atoms with Gasteiger partial charge in [0.05, 0.1) is 5.56 Å². The fourth-order valence-electron chi connectivity index (χ4n) is 2.54. The quantitative estimate of drug-likeness (QED) is 0.851. The lowest BCUT2D eigenvalue weighted by Gasteiger charge is -2.10. The Hall–Kier alpha value is -2.57. The number of carboxylic acids is 1. The maximum Gasteiger partial charge on any atom is 0.303 e. The van der Waals surface area contributed by atoms with Crippen molar-refractivity contribution in [2.75, 3.05) is 6.54 Å². The molecule has 0 saturated heterocycles. The summed E-state index contributed by atoms with van der Waals surface area (Å²) < 4.78 is 6.94. The van der Waals surface area contributed by atoms with E-state index in [-0.39, 0.29) is 18.2 Å². The highest BCUT2D eigenvalue weighted by Crippen LogP contribution is 2.20. The molecule has 124 valence electrons. The van der Waals surface area contributed by atoms with Gasteiger partial charge in [-0.05, 0) is 32.8 Å². The minimum Gasteiger partial charge on any atom is -0.481 e. The Morgan fingerprint density at radius 2 is 2.04 bits per heavy atom. The van der Waals surface area contributed by atoms with E-state index in [1.54, 1.807) is 19.1 Å². The molecule has 0 bridgehead atoms. The summed E-state index contributed by atoms with van der Waals surface area (Å²) >= 11 is 0. The number of nitrogens with one attached hydrogen (secondary N) is 1. The summed E-state index contributed by atoms with van der Waals surface area (Å²) in [6.45, 7) is 7.64. The predicted molar refractivity (Wildman–Crippen MR) is 83.8 cm³/mol. The van der Waals surface area contributed by atoms with Crippen molar-refractivity contribution in [2.45, 2.75) is 34.1 Å². The summed E-state index contributed by atoms with van der Waals surface area (Å²) in [5.41, 5.74) is 2.18. The van der Waals surface area contributed by atoms with Crippen LogP contribution in [0, 0.1) is 26.7 Å². The zero-order chi connectivity index (χ0) is 17.1. The van der Waals surface area contributed by atoms with Crippen molar-refractivity contribution in [3.63, 3.8) is 0 Å². The maximum absolute atomic E-state index is 12.3. The van der Waals surface area contributed by atoms with Crippen molar-refractivity contribution in [2.24, 2.45) is 5.92 Å². The van der Waals surface area contributed by atoms with Gasteiger partial charge in [0.25, 0.3) is 5.91 Å². The fraction of sp³-hybridized carbons (Fsp3) is 0.438. The van der Waals surface area contributed by atoms with E-state index < -0.39 is 5.97 Å². The second kappa shape index (κ2) is 6.68. The Bertz CT molecular complexity index is 730. The number of rotatable bonds is 6. The molecule has 0 aliphatic heterocycles. The molecule has 2 N–H and O–H groups in total. The highest BCUT2D eigenvalue weighted by molar-refractivity contribution is 5.95. The van der Waals surface area contributed by atoms with Crippen LogP contribution in [-0.4, -0.2) is 33.3 Å². The van der Waals surface area contributed by atoms with Crippen molar-refractivity contribution in [3.05, 3.63) is 34.8 Å². The Balaban J connectivity index is 2.14. The molecule has 1 unspecified atom stereocenters. The topological polar surface area (TPSA) is 97.4 Å². The van der Waals surface area contributed by atoms with Crippen molar-refractivity contribution in [1.29, 1.82) is 0 Å². The molecule has 0 radical (unpaired) electrons. The number of carbonyl (C=O) groups excluding carboxylic acids is 1. The van der Waals surface area contributed by atoms with Gasteiger partial charge >= 0.3 is 5.97 Å². The lowest BCUT2D eigenvalue weighted by molar-refractivity contribution is -0.137. The molecule has 0 fully saturated rings. The van der Waals surface area contributed by atoms with Gasteiger partial charge in [0, 0.05) is 30.4 Å². The summed E-state index contributed by atoms with van der Waals surface area (Å²) in [5.74, 6) is 0.114. The SMILES string of the molecule is Cc1cc(-n2c(C)cc(C(=O)NCC(C)CC(=O)O)c2C)no1. The second-order valence-electron chi connectivity index (χ2n) is 5.83. The van der Waals surface area contributed by atoms with Gasteiger partial charge < -0.3 is 14.9 Å². The van der Waals surface area contributed by atoms with Crippen LogP contribution in [0.3, 0.4) is 0 Å². The molecule has 1 atom stereocenters. The molecule has 2 aromatic heterocycles. The molecule has 7 nitrogen and oxygen atoms in total. The number of aryl methyl sites for hydroxylation is 2. The molecule has 23 heavy (non-hydrogen) atoms. The summed E-state index contributed by atoms with van der Waals surface area (Å²) in [7, 11) is 0. The van der Waals surface area contributed by atoms with Gasteiger partial charge in [-0.1, -0.05) is 12.1 Å². The van der Waals surface area contributed by atoms with Crippen LogP contribution in [0.4, 0.5) is 0 Å². The van der Waals surface area contributed by atoms with E-state index >= 15 is 0 Å². The second-order valence-corrected chi connectivity index (χ2v) is 5.83. The molecular weight excluding hydrogens is 298 g/mol. The molecule has 2 aromatic rings. The van der Waals surface area contributed by atoms with Gasteiger partial charge in [0.15, 0.2) is 5.82 Å². The maximum atomic E-state index is 12.3. The van der Waals surface area contributed by atoms with Crippen LogP contribution in [0.15, 0.2) is 16.7 Å². The van der Waals surface area contributed by atoms with E-state index in [4.69, 9.17) is 9.63 Å². The first kappa shape index (κ1) is 16.8. The standard InChI is InChI=1S/C16H21N3O4/c1-9(5-15(20)21)8-17-16(22)13-6-10(2)19(12(13)4)14-7-11(3)23-18-14/h6-7,9H,5,8H2,1-4H3,(H,17,22)(H,20,21). The Morgan fingerprint density at radius 3 is 2.61 bits per heavy atom. The predicted octanol–water partition coefficient (Wildman–Crippen LogP) is 2.23. The monoisotopic (exact) mass is 319 g/mol. The van der Waals surface area contributed by atoms with Crippen molar-refractivity contribution in [1.82, 2.24) is 15.0 Å². The molecule has 0 aliphatic carbocycles. The molecule has 0 aromatic carbocycles. The van der Waals surface area contributed by atoms with Crippen LogP contribution < -0.4 is 5.32 Å². The first-order valence-electron chi connectivity index (χ1n) is 7.42. The third-order valence-corrected chi connectivity index (χ3v) is 3.65. The smallest absolute Gasteiger partial charge is 0.303 e. The average molecular weight is 319 g/mol. The number of aliphatic carboxylic acids is 1. The summed E-state index contributed by atoms with van der Waals surface area (Å²) in [6.07, 6.45) is 0.0253. The van der Waals surface area contributed by atoms with E-state index in [2.05, 4.69) is 10.5 Å². The lowest BCUT2D eigenvalue weighted by atomic mass is 10.1. The van der Waals surface area contributed by atoms with E-state index in [9.17, 15) is 9.59 Å².